The molecule has 0 saturated heterocycles. The first-order chi connectivity index (χ1) is 10.0. The van der Waals surface area contributed by atoms with Gasteiger partial charge in [0.1, 0.15) is 11.5 Å². The summed E-state index contributed by atoms with van der Waals surface area (Å²) in [4.78, 5) is 0. The van der Waals surface area contributed by atoms with E-state index in [9.17, 15) is 10.2 Å². The normalized spacial score (nSPS) is 13.5. The SMILES string of the molecule is COc1ccc(C(C)Nc2ccccc2C(C)O)c(O)c1. The second-order valence-corrected chi connectivity index (χ2v) is 5.05. The smallest absolute Gasteiger partial charge is 0.124 e. The fraction of sp³-hybridized carbons (Fsp3) is 0.294. The number of benzene rings is 2. The topological polar surface area (TPSA) is 61.7 Å². The number of phenolic OH excluding ortho intramolecular Hbond substituents is 1. The van der Waals surface area contributed by atoms with Crippen molar-refractivity contribution < 1.29 is 14.9 Å². The number of para-hydroxylation sites is 1. The van der Waals surface area contributed by atoms with E-state index in [1.807, 2.05) is 43.3 Å². The zero-order valence-corrected chi connectivity index (χ0v) is 12.5. The maximum atomic E-state index is 10.1. The number of rotatable bonds is 5. The molecule has 0 aromatic heterocycles. The summed E-state index contributed by atoms with van der Waals surface area (Å²) in [6, 6.07) is 12.7. The highest BCUT2D eigenvalue weighted by molar-refractivity contribution is 5.54. The molecule has 4 nitrogen and oxygen atoms in total. The van der Waals surface area contributed by atoms with Gasteiger partial charge < -0.3 is 20.3 Å². The molecule has 2 aromatic rings. The molecule has 112 valence electrons. The summed E-state index contributed by atoms with van der Waals surface area (Å²) in [5.41, 5.74) is 2.46. The van der Waals surface area contributed by atoms with E-state index in [0.29, 0.717) is 5.75 Å². The van der Waals surface area contributed by atoms with Crippen molar-refractivity contribution >= 4 is 5.69 Å². The molecule has 0 spiro atoms. The lowest BCUT2D eigenvalue weighted by molar-refractivity contribution is 0.200. The van der Waals surface area contributed by atoms with E-state index in [1.165, 1.54) is 0 Å². The lowest BCUT2D eigenvalue weighted by atomic mass is 10.0. The molecule has 0 radical (unpaired) electrons. The molecule has 0 amide bonds. The van der Waals surface area contributed by atoms with Gasteiger partial charge in [-0.15, -0.1) is 0 Å². The van der Waals surface area contributed by atoms with Gasteiger partial charge in [-0.3, -0.25) is 0 Å². The lowest BCUT2D eigenvalue weighted by Gasteiger charge is -2.20. The Bertz CT molecular complexity index is 611. The van der Waals surface area contributed by atoms with Crippen LogP contribution >= 0.6 is 0 Å². The van der Waals surface area contributed by atoms with Gasteiger partial charge in [0.2, 0.25) is 0 Å². The predicted molar refractivity (Wildman–Crippen MR) is 83.8 cm³/mol. The van der Waals surface area contributed by atoms with Crippen LogP contribution in [0.4, 0.5) is 5.69 Å². The number of phenols is 1. The van der Waals surface area contributed by atoms with Crippen molar-refractivity contribution in [3.63, 3.8) is 0 Å². The second-order valence-electron chi connectivity index (χ2n) is 5.05. The van der Waals surface area contributed by atoms with Gasteiger partial charge in [-0.25, -0.2) is 0 Å². The van der Waals surface area contributed by atoms with Crippen molar-refractivity contribution in [1.82, 2.24) is 0 Å². The van der Waals surface area contributed by atoms with E-state index in [4.69, 9.17) is 4.74 Å². The molecule has 2 unspecified atom stereocenters. The van der Waals surface area contributed by atoms with Gasteiger partial charge in [0.25, 0.3) is 0 Å². The van der Waals surface area contributed by atoms with Gasteiger partial charge in [-0.2, -0.15) is 0 Å². The summed E-state index contributed by atoms with van der Waals surface area (Å²) >= 11 is 0. The molecular formula is C17H21NO3. The van der Waals surface area contributed by atoms with Crippen molar-refractivity contribution in [1.29, 1.82) is 0 Å². The Kier molecular flexibility index (Phi) is 4.70. The summed E-state index contributed by atoms with van der Waals surface area (Å²) < 4.78 is 5.09. The van der Waals surface area contributed by atoms with E-state index >= 15 is 0 Å². The minimum atomic E-state index is -0.551. The Morgan fingerprint density at radius 2 is 1.76 bits per heavy atom. The van der Waals surface area contributed by atoms with Crippen molar-refractivity contribution in [3.05, 3.63) is 53.6 Å². The number of aromatic hydroxyl groups is 1. The number of methoxy groups -OCH3 is 1. The fourth-order valence-corrected chi connectivity index (χ4v) is 2.32. The number of hydrogen-bond donors (Lipinski definition) is 3. The average molecular weight is 287 g/mol. The van der Waals surface area contributed by atoms with Crippen molar-refractivity contribution in [2.45, 2.75) is 26.0 Å². The Labute approximate surface area is 125 Å². The second kappa shape index (κ2) is 6.50. The Morgan fingerprint density at radius 3 is 2.38 bits per heavy atom. The first-order valence-electron chi connectivity index (χ1n) is 6.93. The number of aliphatic hydroxyl groups excluding tert-OH is 1. The van der Waals surface area contributed by atoms with Crippen LogP contribution in [0.5, 0.6) is 11.5 Å². The number of aliphatic hydroxyl groups is 1. The standard InChI is InChI=1S/C17H21NO3/c1-11(14-9-8-13(21-3)10-17(14)20)18-16-7-5-4-6-15(16)12(2)19/h4-12,18-20H,1-3H3. The quantitative estimate of drug-likeness (QED) is 0.786. The van der Waals surface area contributed by atoms with Crippen LogP contribution in [0.2, 0.25) is 0 Å². The molecular weight excluding hydrogens is 266 g/mol. The third-order valence-electron chi connectivity index (χ3n) is 3.49. The Morgan fingerprint density at radius 1 is 1.05 bits per heavy atom. The summed E-state index contributed by atoms with van der Waals surface area (Å²) in [5, 5.41) is 23.2. The highest BCUT2D eigenvalue weighted by Gasteiger charge is 2.14. The number of hydrogen-bond acceptors (Lipinski definition) is 4. The maximum Gasteiger partial charge on any atom is 0.124 e. The molecule has 2 rings (SSSR count). The number of anilines is 1. The molecule has 2 atom stereocenters. The van der Waals surface area contributed by atoms with E-state index in [2.05, 4.69) is 5.32 Å². The largest absolute Gasteiger partial charge is 0.507 e. The minimum Gasteiger partial charge on any atom is -0.507 e. The Balaban J connectivity index is 2.24. The highest BCUT2D eigenvalue weighted by atomic mass is 16.5. The fourth-order valence-electron chi connectivity index (χ4n) is 2.32. The molecule has 21 heavy (non-hydrogen) atoms. The van der Waals surface area contributed by atoms with Crippen LogP contribution in [0.15, 0.2) is 42.5 Å². The highest BCUT2D eigenvalue weighted by Crippen LogP contribution is 2.32. The van der Waals surface area contributed by atoms with Gasteiger partial charge in [-0.1, -0.05) is 18.2 Å². The molecule has 0 aliphatic rings. The summed E-state index contributed by atoms with van der Waals surface area (Å²) in [6.45, 7) is 3.69. The monoisotopic (exact) mass is 287 g/mol. The molecule has 0 fully saturated rings. The summed E-state index contributed by atoms with van der Waals surface area (Å²) in [6.07, 6.45) is -0.551. The first kappa shape index (κ1) is 15.2. The van der Waals surface area contributed by atoms with Crippen molar-refractivity contribution in [2.24, 2.45) is 0 Å². The Hall–Kier alpha value is -2.20. The van der Waals surface area contributed by atoms with Gasteiger partial charge in [0.05, 0.1) is 19.3 Å². The molecule has 2 aromatic carbocycles. The predicted octanol–water partition coefficient (Wildman–Crippen LogP) is 3.63. The van der Waals surface area contributed by atoms with Crippen molar-refractivity contribution in [2.75, 3.05) is 12.4 Å². The molecule has 0 aliphatic heterocycles. The van der Waals surface area contributed by atoms with E-state index in [1.54, 1.807) is 20.1 Å². The molecule has 0 aliphatic carbocycles. The van der Waals surface area contributed by atoms with Gasteiger partial charge in [0.15, 0.2) is 0 Å². The van der Waals surface area contributed by atoms with Crippen LogP contribution in [-0.4, -0.2) is 17.3 Å². The lowest BCUT2D eigenvalue weighted by Crippen LogP contribution is -2.09. The third kappa shape index (κ3) is 3.47. The van der Waals surface area contributed by atoms with Gasteiger partial charge >= 0.3 is 0 Å². The average Bonchev–Trinajstić information content (AvgIpc) is 2.47. The van der Waals surface area contributed by atoms with Crippen molar-refractivity contribution in [3.8, 4) is 11.5 Å². The van der Waals surface area contributed by atoms with E-state index in [0.717, 1.165) is 16.8 Å². The van der Waals surface area contributed by atoms with Gasteiger partial charge in [0, 0.05) is 22.9 Å². The van der Waals surface area contributed by atoms with Crippen LogP contribution < -0.4 is 10.1 Å². The van der Waals surface area contributed by atoms with Crippen LogP contribution in [0.3, 0.4) is 0 Å². The van der Waals surface area contributed by atoms with Crippen LogP contribution in [0, 0.1) is 0 Å². The zero-order valence-electron chi connectivity index (χ0n) is 12.5. The molecule has 3 N–H and O–H groups in total. The molecule has 4 heteroatoms. The van der Waals surface area contributed by atoms with Gasteiger partial charge in [-0.05, 0) is 32.0 Å². The third-order valence-corrected chi connectivity index (χ3v) is 3.49. The number of ether oxygens (including phenoxy) is 1. The molecule has 0 heterocycles. The van der Waals surface area contributed by atoms with E-state index < -0.39 is 6.10 Å². The van der Waals surface area contributed by atoms with E-state index in [-0.39, 0.29) is 11.8 Å². The summed E-state index contributed by atoms with van der Waals surface area (Å²) in [5.74, 6) is 0.803. The van der Waals surface area contributed by atoms with Crippen LogP contribution in [0.25, 0.3) is 0 Å². The minimum absolute atomic E-state index is 0.101. The molecule has 0 saturated carbocycles. The zero-order chi connectivity index (χ0) is 15.4. The number of nitrogens with one attached hydrogen (secondary N) is 1. The summed E-state index contributed by atoms with van der Waals surface area (Å²) in [7, 11) is 1.56. The molecule has 0 bridgehead atoms. The maximum absolute atomic E-state index is 10.1. The van der Waals surface area contributed by atoms with Crippen LogP contribution in [0.1, 0.15) is 37.1 Å². The first-order valence-corrected chi connectivity index (χ1v) is 6.93. The van der Waals surface area contributed by atoms with Crippen LogP contribution in [-0.2, 0) is 0 Å².